The van der Waals surface area contributed by atoms with Gasteiger partial charge in [0.1, 0.15) is 17.5 Å². The van der Waals surface area contributed by atoms with Crippen LogP contribution in [0, 0.1) is 11.3 Å². The molecule has 0 saturated heterocycles. The van der Waals surface area contributed by atoms with Crippen molar-refractivity contribution in [1.82, 2.24) is 5.32 Å². The molecule has 0 aromatic heterocycles. The number of nitrogens with zero attached hydrogens (tertiary/aromatic N) is 1. The van der Waals surface area contributed by atoms with Crippen LogP contribution >= 0.6 is 0 Å². The van der Waals surface area contributed by atoms with Gasteiger partial charge in [0.05, 0.1) is 6.10 Å². The summed E-state index contributed by atoms with van der Waals surface area (Å²) < 4.78 is 5.66. The summed E-state index contributed by atoms with van der Waals surface area (Å²) in [5, 5.41) is 11.9. The lowest BCUT2D eigenvalue weighted by molar-refractivity contribution is 0.205. The van der Waals surface area contributed by atoms with Gasteiger partial charge in [0.15, 0.2) is 0 Å². The average molecular weight is 190 g/mol. The van der Waals surface area contributed by atoms with E-state index in [0.29, 0.717) is 11.8 Å². The second kappa shape index (κ2) is 3.75. The van der Waals surface area contributed by atoms with Crippen molar-refractivity contribution in [1.29, 1.82) is 5.26 Å². The Morgan fingerprint density at radius 1 is 1.64 bits per heavy atom. The monoisotopic (exact) mass is 190 g/mol. The van der Waals surface area contributed by atoms with Gasteiger partial charge in [0.2, 0.25) is 0 Å². The minimum Gasteiger partial charge on any atom is -0.491 e. The highest BCUT2D eigenvalue weighted by atomic mass is 16.5. The van der Waals surface area contributed by atoms with Crippen LogP contribution in [-0.4, -0.2) is 12.1 Å². The molecule has 0 amide bonds. The molecule has 1 unspecified atom stereocenters. The summed E-state index contributed by atoms with van der Waals surface area (Å²) in [4.78, 5) is 0. The largest absolute Gasteiger partial charge is 0.491 e. The number of hydrogen-bond donors (Lipinski definition) is 1. The normalized spacial score (nSPS) is 25.6. The molecule has 0 aromatic carbocycles. The van der Waals surface area contributed by atoms with Crippen molar-refractivity contribution < 1.29 is 4.74 Å². The van der Waals surface area contributed by atoms with E-state index in [1.54, 1.807) is 6.08 Å². The molecule has 2 aliphatic rings. The van der Waals surface area contributed by atoms with E-state index in [0.717, 1.165) is 25.0 Å². The zero-order chi connectivity index (χ0) is 9.97. The third kappa shape index (κ3) is 2.08. The fourth-order valence-corrected chi connectivity index (χ4v) is 1.41. The van der Waals surface area contributed by atoms with Gasteiger partial charge in [-0.05, 0) is 25.3 Å². The fraction of sp³-hybridized carbons (Fsp3) is 0.545. The van der Waals surface area contributed by atoms with Gasteiger partial charge in [-0.25, -0.2) is 0 Å². The maximum atomic E-state index is 8.81. The first-order valence-corrected chi connectivity index (χ1v) is 5.08. The fourth-order valence-electron chi connectivity index (χ4n) is 1.41. The number of nitriles is 1. The Hall–Kier alpha value is -1.43. The van der Waals surface area contributed by atoms with E-state index < -0.39 is 0 Å². The predicted octanol–water partition coefficient (Wildman–Crippen LogP) is 1.84. The van der Waals surface area contributed by atoms with Crippen LogP contribution in [0.25, 0.3) is 0 Å². The molecule has 1 aliphatic carbocycles. The average Bonchev–Trinajstić information content (AvgIpc) is 3.01. The van der Waals surface area contributed by atoms with Crippen molar-refractivity contribution in [3.8, 4) is 6.07 Å². The number of nitrogens with one attached hydrogen (secondary N) is 1. The van der Waals surface area contributed by atoms with E-state index in [1.165, 1.54) is 0 Å². The molecule has 3 heteroatoms. The lowest BCUT2D eigenvalue weighted by Crippen LogP contribution is -2.28. The van der Waals surface area contributed by atoms with Crippen LogP contribution in [0.5, 0.6) is 0 Å². The first-order chi connectivity index (χ1) is 6.81. The van der Waals surface area contributed by atoms with E-state index in [9.17, 15) is 0 Å². The quantitative estimate of drug-likeness (QED) is 0.738. The third-order valence-corrected chi connectivity index (χ3v) is 2.38. The van der Waals surface area contributed by atoms with Gasteiger partial charge in [-0.3, -0.25) is 0 Å². The lowest BCUT2D eigenvalue weighted by atomic mass is 10.1. The first kappa shape index (κ1) is 9.14. The molecule has 0 aromatic rings. The minimum atomic E-state index is 0.239. The highest BCUT2D eigenvalue weighted by Crippen LogP contribution is 2.28. The molecule has 2 rings (SSSR count). The molecule has 0 spiro atoms. The molecule has 74 valence electrons. The van der Waals surface area contributed by atoms with E-state index >= 15 is 0 Å². The Balaban J connectivity index is 2.07. The van der Waals surface area contributed by atoms with Crippen LogP contribution in [-0.2, 0) is 4.74 Å². The second-order valence-corrected chi connectivity index (χ2v) is 3.72. The Kier molecular flexibility index (Phi) is 2.45. The molecular weight excluding hydrogens is 176 g/mol. The molecule has 1 N–H and O–H groups in total. The zero-order valence-electron chi connectivity index (χ0n) is 8.29. The van der Waals surface area contributed by atoms with Crippen molar-refractivity contribution in [3.63, 3.8) is 0 Å². The standard InChI is InChI=1S/C11H14N2O/c1-2-8-5-11(14-10-3-4-10)6-9(7-12)13-8/h5-6,8,10,13H,2-4H2,1H3. The second-order valence-electron chi connectivity index (χ2n) is 3.72. The van der Waals surface area contributed by atoms with Crippen LogP contribution in [0.3, 0.4) is 0 Å². The number of ether oxygens (including phenoxy) is 1. The molecule has 1 fully saturated rings. The van der Waals surface area contributed by atoms with E-state index in [4.69, 9.17) is 10.00 Å². The Morgan fingerprint density at radius 2 is 2.43 bits per heavy atom. The maximum absolute atomic E-state index is 8.81. The van der Waals surface area contributed by atoms with Crippen LogP contribution < -0.4 is 5.32 Å². The van der Waals surface area contributed by atoms with Gasteiger partial charge < -0.3 is 10.1 Å². The zero-order valence-corrected chi connectivity index (χ0v) is 8.29. The molecule has 1 atom stereocenters. The number of rotatable bonds is 3. The maximum Gasteiger partial charge on any atom is 0.120 e. The smallest absolute Gasteiger partial charge is 0.120 e. The Labute approximate surface area is 84.1 Å². The summed E-state index contributed by atoms with van der Waals surface area (Å²) >= 11 is 0. The van der Waals surface area contributed by atoms with Crippen molar-refractivity contribution in [2.24, 2.45) is 0 Å². The van der Waals surface area contributed by atoms with Crippen LogP contribution in [0.2, 0.25) is 0 Å². The number of dihydropyridines is 1. The summed E-state index contributed by atoms with van der Waals surface area (Å²) in [6, 6.07) is 2.36. The molecule has 0 bridgehead atoms. The molecule has 1 saturated carbocycles. The molecule has 14 heavy (non-hydrogen) atoms. The molecular formula is C11H14N2O. The van der Waals surface area contributed by atoms with Crippen molar-refractivity contribution in [2.45, 2.75) is 38.3 Å². The first-order valence-electron chi connectivity index (χ1n) is 5.08. The van der Waals surface area contributed by atoms with E-state index in [1.807, 2.05) is 0 Å². The summed E-state index contributed by atoms with van der Waals surface area (Å²) in [5.41, 5.74) is 0.606. The van der Waals surface area contributed by atoms with E-state index in [2.05, 4.69) is 24.4 Å². The topological polar surface area (TPSA) is 45.0 Å². The Bertz CT molecular complexity index is 321. The SMILES string of the molecule is CCC1C=C(OC2CC2)C=C(C#N)N1. The van der Waals surface area contributed by atoms with Gasteiger partial charge in [0, 0.05) is 12.1 Å². The minimum absolute atomic E-state index is 0.239. The van der Waals surface area contributed by atoms with Gasteiger partial charge in [-0.2, -0.15) is 5.26 Å². The number of allylic oxidation sites excluding steroid dienone is 2. The van der Waals surface area contributed by atoms with Crippen molar-refractivity contribution in [3.05, 3.63) is 23.6 Å². The lowest BCUT2D eigenvalue weighted by Gasteiger charge is -2.20. The van der Waals surface area contributed by atoms with Gasteiger partial charge in [-0.1, -0.05) is 6.92 Å². The summed E-state index contributed by atoms with van der Waals surface area (Å²) in [7, 11) is 0. The van der Waals surface area contributed by atoms with Crippen molar-refractivity contribution in [2.75, 3.05) is 0 Å². The molecule has 1 aliphatic heterocycles. The third-order valence-electron chi connectivity index (χ3n) is 2.38. The van der Waals surface area contributed by atoms with Crippen molar-refractivity contribution >= 4 is 0 Å². The highest BCUT2D eigenvalue weighted by Gasteiger charge is 2.25. The van der Waals surface area contributed by atoms with Crippen LogP contribution in [0.1, 0.15) is 26.2 Å². The van der Waals surface area contributed by atoms with Crippen LogP contribution in [0.4, 0.5) is 0 Å². The van der Waals surface area contributed by atoms with Gasteiger partial charge >= 0.3 is 0 Å². The van der Waals surface area contributed by atoms with Gasteiger partial charge in [0.25, 0.3) is 0 Å². The number of hydrogen-bond acceptors (Lipinski definition) is 3. The summed E-state index contributed by atoms with van der Waals surface area (Å²) in [5.74, 6) is 0.856. The predicted molar refractivity (Wildman–Crippen MR) is 53.1 cm³/mol. The molecule has 3 nitrogen and oxygen atoms in total. The van der Waals surface area contributed by atoms with Crippen LogP contribution in [0.15, 0.2) is 23.6 Å². The molecule has 1 heterocycles. The highest BCUT2D eigenvalue weighted by molar-refractivity contribution is 5.33. The summed E-state index contributed by atoms with van der Waals surface area (Å²) in [6.45, 7) is 2.09. The van der Waals surface area contributed by atoms with E-state index in [-0.39, 0.29) is 6.04 Å². The van der Waals surface area contributed by atoms with Gasteiger partial charge in [-0.15, -0.1) is 0 Å². The summed E-state index contributed by atoms with van der Waals surface area (Å²) in [6.07, 6.45) is 7.50. The molecule has 0 radical (unpaired) electrons. The Morgan fingerprint density at radius 3 is 3.00 bits per heavy atom.